The van der Waals surface area contributed by atoms with E-state index in [0.29, 0.717) is 49.5 Å². The van der Waals surface area contributed by atoms with E-state index in [0.717, 1.165) is 142 Å². The van der Waals surface area contributed by atoms with E-state index >= 15 is 0 Å². The van der Waals surface area contributed by atoms with Gasteiger partial charge in [-0.2, -0.15) is 0 Å². The molecule has 0 spiro atoms. The Bertz CT molecular complexity index is 2160. The zero-order valence-electron chi connectivity index (χ0n) is 46.1. The fourth-order valence-electron chi connectivity index (χ4n) is 5.74. The molecule has 0 aromatic carbocycles. The fourth-order valence-corrected chi connectivity index (χ4v) is 9.31. The molecule has 1 fully saturated rings. The van der Waals surface area contributed by atoms with Crippen molar-refractivity contribution in [3.63, 3.8) is 0 Å². The highest BCUT2D eigenvalue weighted by atomic mass is 32.2. The minimum Gasteiger partial charge on any atom is -0.478 e. The highest BCUT2D eigenvalue weighted by molar-refractivity contribution is 8.14. The number of ketones is 5. The topological polar surface area (TPSA) is 357 Å². The van der Waals surface area contributed by atoms with Crippen LogP contribution in [0.4, 0.5) is 0 Å². The zero-order chi connectivity index (χ0) is 61.7. The quantitative estimate of drug-likeness (QED) is 0.0285. The summed E-state index contributed by atoms with van der Waals surface area (Å²) in [5.74, 6) is -2.64. The molecule has 80 heavy (non-hydrogen) atoms. The second-order valence-electron chi connectivity index (χ2n) is 17.2. The molecule has 1 aliphatic rings. The van der Waals surface area contributed by atoms with Gasteiger partial charge in [-0.05, 0) is 87.7 Å². The molecule has 25 heteroatoms. The Morgan fingerprint density at radius 3 is 1.07 bits per heavy atom. The molecule has 0 aromatic rings. The van der Waals surface area contributed by atoms with Gasteiger partial charge in [0, 0.05) is 125 Å². The normalized spacial score (nSPS) is 13.0. The van der Waals surface area contributed by atoms with Crippen LogP contribution in [-0.4, -0.2) is 139 Å². The van der Waals surface area contributed by atoms with Crippen LogP contribution in [-0.2, 0) is 71.9 Å². The predicted octanol–water partition coefficient (Wildman–Crippen LogP) is 9.65. The molecule has 448 valence electrons. The van der Waals surface area contributed by atoms with E-state index in [2.05, 4.69) is 0 Å². The van der Waals surface area contributed by atoms with Crippen molar-refractivity contribution >= 4 is 143 Å². The lowest BCUT2D eigenvalue weighted by atomic mass is 10.0. The van der Waals surface area contributed by atoms with Crippen LogP contribution in [0.3, 0.4) is 0 Å². The van der Waals surface area contributed by atoms with Crippen LogP contribution in [0.5, 0.6) is 0 Å². The highest BCUT2D eigenvalue weighted by Gasteiger charge is 2.26. The second-order valence-corrected chi connectivity index (χ2v) is 23.3. The SMILES string of the molecule is CC(=O)SCC(C)CCCC(=O)/C=C\C(=O)O.CC(=O)SCCCC(=O)/C=C\C(=O)O.CC(=O)SCCCCC(=O)/C=C\C(=O)O.CC(=O)SCCCCCCCCCC(=O)/C=C\C(=O)O.O=C(O)/C=C\C(=O)CC1CCSC1=O. The van der Waals surface area contributed by atoms with Crippen LogP contribution >= 0.6 is 58.8 Å². The van der Waals surface area contributed by atoms with Gasteiger partial charge in [-0.15, -0.1) is 0 Å². The summed E-state index contributed by atoms with van der Waals surface area (Å²) >= 11 is 6.33. The van der Waals surface area contributed by atoms with E-state index in [4.69, 9.17) is 25.5 Å². The number of thioether (sulfide) groups is 5. The molecule has 0 radical (unpaired) electrons. The minimum atomic E-state index is -1.15. The van der Waals surface area contributed by atoms with Crippen molar-refractivity contribution in [3.05, 3.63) is 60.8 Å². The van der Waals surface area contributed by atoms with Crippen LogP contribution in [0, 0.1) is 11.8 Å². The molecule has 2 unspecified atom stereocenters. The molecular weight excluding hydrogens is 1140 g/mol. The van der Waals surface area contributed by atoms with Crippen molar-refractivity contribution in [1.29, 1.82) is 0 Å². The average Bonchev–Trinajstić information content (AvgIpc) is 3.77. The number of hydrogen-bond acceptors (Lipinski definition) is 20. The van der Waals surface area contributed by atoms with E-state index < -0.39 is 29.8 Å². The van der Waals surface area contributed by atoms with Crippen LogP contribution in [0.1, 0.15) is 150 Å². The molecule has 0 bridgehead atoms. The zero-order valence-corrected chi connectivity index (χ0v) is 50.2. The molecule has 20 nitrogen and oxygen atoms in total. The predicted molar refractivity (Wildman–Crippen MR) is 315 cm³/mol. The lowest BCUT2D eigenvalue weighted by molar-refractivity contribution is -0.132. The van der Waals surface area contributed by atoms with Crippen molar-refractivity contribution in [2.75, 3.05) is 28.8 Å². The van der Waals surface area contributed by atoms with Gasteiger partial charge >= 0.3 is 29.8 Å². The molecule has 2 atom stereocenters. The molecule has 1 aliphatic heterocycles. The first-order valence-electron chi connectivity index (χ1n) is 25.5. The van der Waals surface area contributed by atoms with E-state index in [1.54, 1.807) is 6.92 Å². The van der Waals surface area contributed by atoms with Gasteiger partial charge in [-0.3, -0.25) is 47.9 Å². The van der Waals surface area contributed by atoms with Crippen LogP contribution < -0.4 is 0 Å². The number of allylic oxidation sites excluding steroid dienone is 5. The number of aliphatic carboxylic acids is 5. The van der Waals surface area contributed by atoms with E-state index in [9.17, 15) is 71.9 Å². The molecule has 1 saturated heterocycles. The Kier molecular flexibility index (Phi) is 56.1. The van der Waals surface area contributed by atoms with Crippen LogP contribution in [0.15, 0.2) is 60.8 Å². The molecule has 0 aliphatic carbocycles. The van der Waals surface area contributed by atoms with Gasteiger partial charge in [-0.25, -0.2) is 24.0 Å². The summed E-state index contributed by atoms with van der Waals surface area (Å²) in [4.78, 5) is 160. The van der Waals surface area contributed by atoms with Gasteiger partial charge in [0.25, 0.3) is 0 Å². The number of rotatable bonds is 37. The van der Waals surface area contributed by atoms with Crippen molar-refractivity contribution in [3.8, 4) is 0 Å². The van der Waals surface area contributed by atoms with Gasteiger partial charge in [0.05, 0.1) is 0 Å². The number of carbonyl (C=O) groups is 15. The Balaban J connectivity index is -0.000000454. The fraction of sp³-hybridized carbons (Fsp3) is 0.545. The van der Waals surface area contributed by atoms with E-state index in [1.165, 1.54) is 86.0 Å². The molecule has 5 N–H and O–H groups in total. The van der Waals surface area contributed by atoms with Gasteiger partial charge in [0.1, 0.15) is 0 Å². The maximum absolute atomic E-state index is 11.2. The summed E-state index contributed by atoms with van der Waals surface area (Å²) in [6.07, 6.45) is 23.0. The maximum atomic E-state index is 11.2. The lowest BCUT2D eigenvalue weighted by Crippen LogP contribution is -2.09. The van der Waals surface area contributed by atoms with Crippen molar-refractivity contribution < 1.29 is 97.5 Å². The molecular formula is C55H78O20S5. The summed E-state index contributed by atoms with van der Waals surface area (Å²) in [5, 5.41) is 41.9. The standard InChI is InChI=1S/C15H24O4S.C12H18O4S.C10H14O4S.C9H10O4S.C9H12O4S/c1-13(16)20-12-8-6-4-2-3-5-7-9-14(17)10-11-15(18)19;1-9(8-17-10(2)13)4-3-5-11(14)6-7-12(15)16;1-8(11)15-7-3-2-4-9(12)5-6-10(13)14;10-7(1-2-8(11)12)5-6-3-4-14-9(6)13;1-7(10)14-6-2-3-8(11)4-5-9(12)13/h10-11H,2-9,12H2,1H3,(H,18,19);6-7,9H,3-5,8H2,1-2H3,(H,15,16);5-6H,2-4,7H2,1H3,(H,13,14);1-2,6H,3-5H2,(H,11,12);4-5H,2-3,6H2,1H3,(H,12,13)/b11-10-;7-6-;6-5-;2-1-;5-4-. The molecule has 0 saturated carbocycles. The largest absolute Gasteiger partial charge is 0.478 e. The van der Waals surface area contributed by atoms with Crippen LogP contribution in [0.2, 0.25) is 0 Å². The van der Waals surface area contributed by atoms with E-state index in [-0.39, 0.29) is 73.3 Å². The lowest BCUT2D eigenvalue weighted by Gasteiger charge is -2.08. The van der Waals surface area contributed by atoms with Gasteiger partial charge < -0.3 is 25.5 Å². The molecule has 0 amide bonds. The monoisotopic (exact) mass is 1220 g/mol. The number of carbonyl (C=O) groups excluding carboxylic acids is 10. The molecule has 0 aromatic heterocycles. The minimum absolute atomic E-state index is 0.0264. The van der Waals surface area contributed by atoms with Crippen molar-refractivity contribution in [2.24, 2.45) is 11.8 Å². The van der Waals surface area contributed by atoms with Crippen LogP contribution in [0.25, 0.3) is 0 Å². The third-order valence-corrected chi connectivity index (χ3v) is 14.5. The van der Waals surface area contributed by atoms with Crippen molar-refractivity contribution in [2.45, 2.75) is 150 Å². The van der Waals surface area contributed by atoms with Gasteiger partial charge in [0.15, 0.2) is 54.5 Å². The first kappa shape index (κ1) is 81.0. The third-order valence-electron chi connectivity index (χ3n) is 9.61. The Labute approximate surface area is 489 Å². The summed E-state index contributed by atoms with van der Waals surface area (Å²) < 4.78 is 0. The van der Waals surface area contributed by atoms with E-state index in [1.807, 2.05) is 6.92 Å². The molecule has 1 heterocycles. The highest BCUT2D eigenvalue weighted by Crippen LogP contribution is 2.28. The number of carboxylic acid groups (broad SMARTS) is 5. The Morgan fingerprint density at radius 2 is 0.725 bits per heavy atom. The van der Waals surface area contributed by atoms with Gasteiger partial charge in [0.2, 0.25) is 0 Å². The first-order valence-corrected chi connectivity index (χ1v) is 30.4. The number of hydrogen-bond donors (Lipinski definition) is 5. The second kappa shape index (κ2) is 55.4. The van der Waals surface area contributed by atoms with Crippen molar-refractivity contribution in [1.82, 2.24) is 0 Å². The smallest absolute Gasteiger partial charge is 0.328 e. The Morgan fingerprint density at radius 1 is 0.425 bits per heavy atom. The van der Waals surface area contributed by atoms with Gasteiger partial charge in [-0.1, -0.05) is 97.8 Å². The average molecular weight is 1220 g/mol. The summed E-state index contributed by atoms with van der Waals surface area (Å²) in [7, 11) is 0. The summed E-state index contributed by atoms with van der Waals surface area (Å²) in [5.41, 5.74) is 0. The summed E-state index contributed by atoms with van der Waals surface area (Å²) in [6, 6.07) is 0. The summed E-state index contributed by atoms with van der Waals surface area (Å²) in [6.45, 7) is 8.14. The number of carboxylic acids is 5. The maximum Gasteiger partial charge on any atom is 0.328 e. The number of unbranched alkanes of at least 4 members (excludes halogenated alkanes) is 7. The Hall–Kier alpha value is -5.50. The molecule has 1 rings (SSSR count). The third kappa shape index (κ3) is 70.5. The first-order chi connectivity index (χ1) is 37.6.